The molecule has 0 atom stereocenters. The van der Waals surface area contributed by atoms with E-state index in [1.165, 1.54) is 64.2 Å². The molecule has 0 aromatic carbocycles. The molecule has 1 radical (unpaired) electrons. The van der Waals surface area contributed by atoms with E-state index in [0.29, 0.717) is 0 Å². The van der Waals surface area contributed by atoms with E-state index in [4.69, 9.17) is 0 Å². The van der Waals surface area contributed by atoms with Crippen molar-refractivity contribution in [2.45, 2.75) is 78.1 Å². The van der Waals surface area contributed by atoms with Gasteiger partial charge in [0.2, 0.25) is 0 Å². The van der Waals surface area contributed by atoms with Crippen LogP contribution in [-0.2, 0) is 49.8 Å². The minimum Gasteiger partial charge on any atom is -0.358 e. The second-order valence-corrected chi connectivity index (χ2v) is 3.54. The van der Waals surface area contributed by atoms with Crippen LogP contribution >= 0.6 is 0 Å². The Morgan fingerprint density at radius 1 is 0.467 bits per heavy atom. The van der Waals surface area contributed by atoms with Gasteiger partial charge in [-0.1, -0.05) is 78.1 Å². The first kappa shape index (κ1) is 25.5. The molecule has 0 aliphatic heterocycles. The summed E-state index contributed by atoms with van der Waals surface area (Å²) in [4.78, 5) is 0. The second-order valence-electron chi connectivity index (χ2n) is 3.54. The molecular formula is C13H29FeY-. The van der Waals surface area contributed by atoms with E-state index in [9.17, 15) is 0 Å². The normalized spacial score (nSPS) is 16.4. The predicted octanol–water partition coefficient (Wildman–Crippen LogP) is 5.37. The van der Waals surface area contributed by atoms with Gasteiger partial charge in [-0.25, -0.2) is 0 Å². The van der Waals surface area contributed by atoms with Crippen molar-refractivity contribution in [3.63, 3.8) is 0 Å². The standard InChI is InChI=1S/2C5H10.C2H6.CH3.Fe.Y/c2*1-2-4-5-3-1;1-2;;;/h2*1-5H2;1-2H3;1H3;;/q;;;-1;;. The molecule has 15 heavy (non-hydrogen) atoms. The van der Waals surface area contributed by atoms with Crippen LogP contribution in [0.4, 0.5) is 0 Å². The number of rotatable bonds is 0. The average Bonchev–Trinajstić information content (AvgIpc) is 2.87. The van der Waals surface area contributed by atoms with Crippen molar-refractivity contribution in [3.05, 3.63) is 7.43 Å². The Bertz CT molecular complexity index is 43.7. The maximum Gasteiger partial charge on any atom is 0 e. The third-order valence-electron chi connectivity index (χ3n) is 2.50. The summed E-state index contributed by atoms with van der Waals surface area (Å²) in [6.45, 7) is 4.00. The third-order valence-corrected chi connectivity index (χ3v) is 2.50. The monoisotopic (exact) mass is 330 g/mol. The molecule has 0 N–H and O–H groups in total. The van der Waals surface area contributed by atoms with Gasteiger partial charge in [-0.05, 0) is 0 Å². The van der Waals surface area contributed by atoms with Gasteiger partial charge < -0.3 is 7.43 Å². The summed E-state index contributed by atoms with van der Waals surface area (Å²) >= 11 is 0. The quantitative estimate of drug-likeness (QED) is 0.414. The van der Waals surface area contributed by atoms with Crippen LogP contribution in [0.1, 0.15) is 78.1 Å². The van der Waals surface area contributed by atoms with Crippen molar-refractivity contribution < 1.29 is 49.8 Å². The van der Waals surface area contributed by atoms with E-state index in [0.717, 1.165) is 0 Å². The molecule has 0 spiro atoms. The molecule has 2 saturated carbocycles. The Balaban J connectivity index is -0.0000000592. The summed E-state index contributed by atoms with van der Waals surface area (Å²) in [5, 5.41) is 0. The smallest absolute Gasteiger partial charge is 0 e. The molecule has 0 nitrogen and oxygen atoms in total. The summed E-state index contributed by atoms with van der Waals surface area (Å²) < 4.78 is 0. The van der Waals surface area contributed by atoms with Crippen LogP contribution in [0.2, 0.25) is 0 Å². The maximum atomic E-state index is 2.00. The molecule has 0 aromatic heterocycles. The Kier molecular flexibility index (Phi) is 42.0. The number of hydrogen-bond acceptors (Lipinski definition) is 0. The van der Waals surface area contributed by atoms with E-state index >= 15 is 0 Å². The Hall–Kier alpha value is 1.62. The van der Waals surface area contributed by atoms with E-state index in [1.54, 1.807) is 0 Å². The summed E-state index contributed by atoms with van der Waals surface area (Å²) in [5.74, 6) is 0. The summed E-state index contributed by atoms with van der Waals surface area (Å²) in [5.41, 5.74) is 0. The third kappa shape index (κ3) is 21.5. The molecule has 0 amide bonds. The van der Waals surface area contributed by atoms with Crippen LogP contribution in [0, 0.1) is 7.43 Å². The van der Waals surface area contributed by atoms with Gasteiger partial charge in [0.15, 0.2) is 0 Å². The summed E-state index contributed by atoms with van der Waals surface area (Å²) in [6, 6.07) is 0. The van der Waals surface area contributed by atoms with Crippen molar-refractivity contribution in [2.24, 2.45) is 0 Å². The first-order valence-electron chi connectivity index (χ1n) is 6.00. The minimum absolute atomic E-state index is 0. The molecule has 0 bridgehead atoms. The molecule has 0 heterocycles. The van der Waals surface area contributed by atoms with Gasteiger partial charge in [-0.3, -0.25) is 0 Å². The molecule has 0 unspecified atom stereocenters. The predicted molar refractivity (Wildman–Crippen MR) is 63.9 cm³/mol. The van der Waals surface area contributed by atoms with E-state index in [-0.39, 0.29) is 57.2 Å². The van der Waals surface area contributed by atoms with Gasteiger partial charge in [-0.15, -0.1) is 0 Å². The van der Waals surface area contributed by atoms with Crippen LogP contribution in [-0.4, -0.2) is 0 Å². The Labute approximate surface area is 134 Å². The molecule has 0 aromatic rings. The zero-order valence-corrected chi connectivity index (χ0v) is 14.9. The minimum atomic E-state index is 0. The van der Waals surface area contributed by atoms with Gasteiger partial charge in [0.1, 0.15) is 0 Å². The van der Waals surface area contributed by atoms with Crippen LogP contribution in [0.15, 0.2) is 0 Å². The van der Waals surface area contributed by atoms with Gasteiger partial charge >= 0.3 is 0 Å². The van der Waals surface area contributed by atoms with Crippen molar-refractivity contribution in [2.75, 3.05) is 0 Å². The van der Waals surface area contributed by atoms with Crippen molar-refractivity contribution in [1.82, 2.24) is 0 Å². The molecule has 93 valence electrons. The van der Waals surface area contributed by atoms with Gasteiger partial charge in [0.25, 0.3) is 0 Å². The fourth-order valence-electron chi connectivity index (χ4n) is 1.77. The van der Waals surface area contributed by atoms with Crippen LogP contribution in [0.25, 0.3) is 0 Å². The Morgan fingerprint density at radius 2 is 0.533 bits per heavy atom. The van der Waals surface area contributed by atoms with Crippen molar-refractivity contribution in [1.29, 1.82) is 0 Å². The fourth-order valence-corrected chi connectivity index (χ4v) is 1.77. The summed E-state index contributed by atoms with van der Waals surface area (Å²) in [6.07, 6.45) is 15.0. The first-order valence-corrected chi connectivity index (χ1v) is 6.00. The van der Waals surface area contributed by atoms with E-state index in [1.807, 2.05) is 13.8 Å². The molecule has 0 saturated heterocycles. The molecule has 2 fully saturated rings. The SMILES string of the molecule is C1CCCC1.C1CCCC1.CC.[CH3-].[Fe].[Y]. The largest absolute Gasteiger partial charge is 0.358 e. The van der Waals surface area contributed by atoms with E-state index < -0.39 is 0 Å². The fraction of sp³-hybridized carbons (Fsp3) is 0.923. The topological polar surface area (TPSA) is 0 Å². The number of hydrogen-bond donors (Lipinski definition) is 0. The van der Waals surface area contributed by atoms with Crippen molar-refractivity contribution in [3.8, 4) is 0 Å². The van der Waals surface area contributed by atoms with Crippen molar-refractivity contribution >= 4 is 0 Å². The molecule has 2 aliphatic rings. The van der Waals surface area contributed by atoms with Gasteiger partial charge in [0.05, 0.1) is 0 Å². The molecule has 2 heteroatoms. The molecular weight excluding hydrogens is 301 g/mol. The Morgan fingerprint density at radius 3 is 0.600 bits per heavy atom. The zero-order chi connectivity index (χ0) is 9.07. The van der Waals surface area contributed by atoms with Crippen LogP contribution < -0.4 is 0 Å². The average molecular weight is 330 g/mol. The maximum absolute atomic E-state index is 2.00. The second kappa shape index (κ2) is 24.7. The van der Waals surface area contributed by atoms with Gasteiger partial charge in [0, 0.05) is 49.8 Å². The molecule has 2 rings (SSSR count). The zero-order valence-electron chi connectivity index (χ0n) is 11.0. The van der Waals surface area contributed by atoms with Crippen LogP contribution in [0.5, 0.6) is 0 Å². The van der Waals surface area contributed by atoms with E-state index in [2.05, 4.69) is 0 Å². The van der Waals surface area contributed by atoms with Crippen LogP contribution in [0.3, 0.4) is 0 Å². The van der Waals surface area contributed by atoms with Gasteiger partial charge in [-0.2, -0.15) is 0 Å². The first-order chi connectivity index (χ1) is 6.00. The molecule has 2 aliphatic carbocycles. The summed E-state index contributed by atoms with van der Waals surface area (Å²) in [7, 11) is 0.